The van der Waals surface area contributed by atoms with E-state index in [1.165, 1.54) is 155 Å². The van der Waals surface area contributed by atoms with Crippen molar-refractivity contribution in [2.24, 2.45) is 0 Å². The molecule has 0 unspecified atom stereocenters. The summed E-state index contributed by atoms with van der Waals surface area (Å²) in [6.45, 7) is 0. The molecule has 0 saturated carbocycles. The van der Waals surface area contributed by atoms with Crippen LogP contribution in [0.4, 0.5) is 17.1 Å². The fourth-order valence-corrected chi connectivity index (χ4v) is 18.0. The standard InChI is InChI=1S/C72H51N.C48H32N2/c1-4-16-52(17-5-1)58-22-10-28-64(46-58)67-31-13-25-61(49-67)55-34-40-70(41-35-55)73(71-42-36-56(37-43-71)62-26-14-32-68(50-62)65-29-11-23-59(47-65)53-18-6-2-7-19-53)72-44-38-57(39-45-72)63-27-15-33-69(51-63)66-30-12-24-60(48-66)54-20-8-3-9-21-54;1-2-14-32(15-3-1)36-30-44(33-16-12-18-35(28-33)48-42-24-6-4-20-38(42)39-21-5-7-25-43(39)48)49-45(31-36)34-17-13-19-37(29-34)50-46-26-10-8-22-40(46)41-23-9-11-27-47(41)50/h1-51H;1-31,48H. The summed E-state index contributed by atoms with van der Waals surface area (Å²) in [7, 11) is 0. The molecule has 0 spiro atoms. The molecular weight excluding hydrogens is 1480 g/mol. The normalized spacial score (nSPS) is 11.5. The van der Waals surface area contributed by atoms with Crippen molar-refractivity contribution in [1.82, 2.24) is 9.55 Å². The Morgan fingerprint density at radius 2 is 0.439 bits per heavy atom. The van der Waals surface area contributed by atoms with Gasteiger partial charge in [-0.05, 0) is 254 Å². The van der Waals surface area contributed by atoms with E-state index < -0.39 is 0 Å². The molecule has 0 bridgehead atoms. The Bertz CT molecular complexity index is 6890. The number of hydrogen-bond acceptors (Lipinski definition) is 2. The monoisotopic (exact) mass is 1570 g/mol. The first-order valence-corrected chi connectivity index (χ1v) is 42.3. The number of rotatable bonds is 17. The van der Waals surface area contributed by atoms with Crippen LogP contribution in [0.3, 0.4) is 0 Å². The van der Waals surface area contributed by atoms with Crippen LogP contribution in [0.5, 0.6) is 0 Å². The minimum Gasteiger partial charge on any atom is -0.311 e. The Hall–Kier alpha value is -16.1. The van der Waals surface area contributed by atoms with Crippen molar-refractivity contribution in [3.8, 4) is 151 Å². The number of fused-ring (bicyclic) bond motifs is 6. The van der Waals surface area contributed by atoms with Gasteiger partial charge in [-0.25, -0.2) is 4.98 Å². The second kappa shape index (κ2) is 33.4. The van der Waals surface area contributed by atoms with E-state index in [0.29, 0.717) is 0 Å². The van der Waals surface area contributed by atoms with Crippen molar-refractivity contribution >= 4 is 38.9 Å². The van der Waals surface area contributed by atoms with Crippen LogP contribution in [0, 0.1) is 0 Å². The highest BCUT2D eigenvalue weighted by molar-refractivity contribution is 6.09. The van der Waals surface area contributed by atoms with Gasteiger partial charge < -0.3 is 9.47 Å². The largest absolute Gasteiger partial charge is 0.311 e. The van der Waals surface area contributed by atoms with Crippen molar-refractivity contribution in [1.29, 1.82) is 0 Å². The molecule has 123 heavy (non-hydrogen) atoms. The predicted octanol–water partition coefficient (Wildman–Crippen LogP) is 32.5. The minimum absolute atomic E-state index is 0.182. The van der Waals surface area contributed by atoms with Gasteiger partial charge in [-0.3, -0.25) is 0 Å². The summed E-state index contributed by atoms with van der Waals surface area (Å²) in [5.41, 5.74) is 41.3. The van der Waals surface area contributed by atoms with Crippen LogP contribution in [0.25, 0.3) is 172 Å². The van der Waals surface area contributed by atoms with Gasteiger partial charge in [-0.1, -0.05) is 382 Å². The molecule has 1 aliphatic rings. The van der Waals surface area contributed by atoms with Gasteiger partial charge in [-0.2, -0.15) is 0 Å². The molecule has 578 valence electrons. The zero-order chi connectivity index (χ0) is 81.8. The topological polar surface area (TPSA) is 21.1 Å². The maximum absolute atomic E-state index is 5.39. The molecule has 1 aliphatic carbocycles. The number of para-hydroxylation sites is 2. The van der Waals surface area contributed by atoms with Gasteiger partial charge in [-0.15, -0.1) is 0 Å². The highest BCUT2D eigenvalue weighted by Gasteiger charge is 2.30. The molecule has 3 heteroatoms. The van der Waals surface area contributed by atoms with Crippen LogP contribution < -0.4 is 4.90 Å². The van der Waals surface area contributed by atoms with E-state index in [-0.39, 0.29) is 5.92 Å². The summed E-state index contributed by atoms with van der Waals surface area (Å²) < 4.78 is 2.37. The Morgan fingerprint density at radius 3 is 0.797 bits per heavy atom. The zero-order valence-electron chi connectivity index (χ0n) is 67.8. The molecule has 3 nitrogen and oxygen atoms in total. The Balaban J connectivity index is 0.000000162. The van der Waals surface area contributed by atoms with Crippen molar-refractivity contribution in [3.63, 3.8) is 0 Å². The van der Waals surface area contributed by atoms with E-state index in [2.05, 4.69) is 507 Å². The van der Waals surface area contributed by atoms with E-state index in [0.717, 1.165) is 50.8 Å². The molecule has 0 N–H and O–H groups in total. The number of benzene rings is 19. The van der Waals surface area contributed by atoms with Crippen LogP contribution >= 0.6 is 0 Å². The first-order chi connectivity index (χ1) is 60.9. The third-order valence-corrected chi connectivity index (χ3v) is 24.1. The van der Waals surface area contributed by atoms with Gasteiger partial charge in [0.05, 0.1) is 22.4 Å². The highest BCUT2D eigenvalue weighted by Crippen LogP contribution is 2.49. The van der Waals surface area contributed by atoms with Crippen LogP contribution in [0.2, 0.25) is 0 Å². The van der Waals surface area contributed by atoms with Crippen molar-refractivity contribution < 1.29 is 0 Å². The Labute approximate surface area is 719 Å². The van der Waals surface area contributed by atoms with Gasteiger partial charge in [0.2, 0.25) is 0 Å². The van der Waals surface area contributed by atoms with Gasteiger partial charge in [0.1, 0.15) is 0 Å². The first kappa shape index (κ1) is 74.5. The van der Waals surface area contributed by atoms with E-state index >= 15 is 0 Å². The van der Waals surface area contributed by atoms with Crippen molar-refractivity contribution in [3.05, 3.63) is 514 Å². The van der Waals surface area contributed by atoms with Crippen LogP contribution in [0.1, 0.15) is 22.6 Å². The summed E-state index contributed by atoms with van der Waals surface area (Å²) in [6.07, 6.45) is 0. The number of anilines is 3. The third kappa shape index (κ3) is 15.2. The van der Waals surface area contributed by atoms with E-state index in [1.807, 2.05) is 0 Å². The second-order valence-electron chi connectivity index (χ2n) is 31.7. The molecular formula is C120H83N3. The first-order valence-electron chi connectivity index (χ1n) is 42.3. The van der Waals surface area contributed by atoms with Crippen molar-refractivity contribution in [2.75, 3.05) is 4.90 Å². The van der Waals surface area contributed by atoms with Crippen molar-refractivity contribution in [2.45, 2.75) is 5.92 Å². The summed E-state index contributed by atoms with van der Waals surface area (Å²) in [5.74, 6) is 0.182. The van der Waals surface area contributed by atoms with E-state index in [1.54, 1.807) is 0 Å². The molecule has 19 aromatic carbocycles. The number of nitrogens with zero attached hydrogens (tertiary/aromatic N) is 3. The summed E-state index contributed by atoms with van der Waals surface area (Å²) in [6, 6.07) is 180. The molecule has 0 fully saturated rings. The minimum atomic E-state index is 0.182. The number of aromatic nitrogens is 2. The maximum Gasteiger partial charge on any atom is 0.0716 e. The van der Waals surface area contributed by atoms with Gasteiger partial charge in [0, 0.05) is 50.6 Å². The fourth-order valence-electron chi connectivity index (χ4n) is 18.0. The molecule has 0 radical (unpaired) electrons. The second-order valence-corrected chi connectivity index (χ2v) is 31.7. The fraction of sp³-hybridized carbons (Fsp3) is 0.00833. The smallest absolute Gasteiger partial charge is 0.0716 e. The van der Waals surface area contributed by atoms with E-state index in [9.17, 15) is 0 Å². The number of hydrogen-bond donors (Lipinski definition) is 0. The van der Waals surface area contributed by atoms with Crippen LogP contribution in [-0.4, -0.2) is 9.55 Å². The third-order valence-electron chi connectivity index (χ3n) is 24.1. The lowest BCUT2D eigenvalue weighted by atomic mass is 9.88. The predicted molar refractivity (Wildman–Crippen MR) is 518 cm³/mol. The molecule has 0 saturated heterocycles. The SMILES string of the molecule is c1ccc(-c2cc(-c3cccc(C4c5ccccc5-c5ccccc54)c3)nc(-c3cccc(-n4c5ccccc5c5ccccc54)c3)c2)cc1.c1ccc(-c2cccc(-c3cccc(-c4ccc(N(c5ccc(-c6cccc(-c7cccc(-c8ccccc8)c7)c6)cc5)c5ccc(-c6cccc(-c7cccc(-c8ccccc8)c7)c6)cc5)cc4)c3)c2)cc1. The molecule has 0 aliphatic heterocycles. The summed E-state index contributed by atoms with van der Waals surface area (Å²) in [4.78, 5) is 7.75. The average Bonchev–Trinajstić information content (AvgIpc) is 1.60. The molecule has 0 amide bonds. The average molecular weight is 1570 g/mol. The quantitative estimate of drug-likeness (QED) is 0.0906. The van der Waals surface area contributed by atoms with E-state index in [4.69, 9.17) is 4.98 Å². The van der Waals surface area contributed by atoms with Gasteiger partial charge >= 0.3 is 0 Å². The Morgan fingerprint density at radius 1 is 0.179 bits per heavy atom. The molecule has 2 aromatic heterocycles. The zero-order valence-corrected chi connectivity index (χ0v) is 67.8. The lowest BCUT2D eigenvalue weighted by Crippen LogP contribution is -2.09. The summed E-state index contributed by atoms with van der Waals surface area (Å²) in [5, 5.41) is 2.51. The van der Waals surface area contributed by atoms with Crippen LogP contribution in [-0.2, 0) is 0 Å². The van der Waals surface area contributed by atoms with Gasteiger partial charge in [0.15, 0.2) is 0 Å². The Kier molecular flexibility index (Phi) is 20.2. The number of pyridine rings is 1. The van der Waals surface area contributed by atoms with Crippen LogP contribution in [0.15, 0.2) is 497 Å². The lowest BCUT2D eigenvalue weighted by molar-refractivity contribution is 1.01. The molecule has 2 heterocycles. The van der Waals surface area contributed by atoms with Gasteiger partial charge in [0.25, 0.3) is 0 Å². The lowest BCUT2D eigenvalue weighted by Gasteiger charge is -2.26. The highest BCUT2D eigenvalue weighted by atomic mass is 15.1. The molecule has 21 aromatic rings. The maximum atomic E-state index is 5.39. The molecule has 22 rings (SSSR count). The molecule has 0 atom stereocenters. The summed E-state index contributed by atoms with van der Waals surface area (Å²) >= 11 is 0.